The van der Waals surface area contributed by atoms with Crippen LogP contribution < -0.4 is 0 Å². The summed E-state index contributed by atoms with van der Waals surface area (Å²) in [6.45, 7) is 6.16. The van der Waals surface area contributed by atoms with E-state index in [1.807, 2.05) is 24.0 Å². The summed E-state index contributed by atoms with van der Waals surface area (Å²) in [7, 11) is 0. The summed E-state index contributed by atoms with van der Waals surface area (Å²) < 4.78 is 6.90. The maximum absolute atomic E-state index is 12.6. The first kappa shape index (κ1) is 17.8. The fourth-order valence-corrected chi connectivity index (χ4v) is 3.83. The molecule has 1 aliphatic heterocycles. The van der Waals surface area contributed by atoms with Crippen molar-refractivity contribution in [3.63, 3.8) is 0 Å². The molecule has 0 aliphatic carbocycles. The molecule has 22 heavy (non-hydrogen) atoms. The largest absolute Gasteiger partial charge is 0.370 e. The molecule has 3 nitrogen and oxygen atoms in total. The van der Waals surface area contributed by atoms with E-state index in [1.165, 1.54) is 12.8 Å². The predicted molar refractivity (Wildman–Crippen MR) is 96.2 cm³/mol. The van der Waals surface area contributed by atoms with E-state index in [4.69, 9.17) is 4.74 Å². The lowest BCUT2D eigenvalue weighted by atomic mass is 10.1. The molecule has 1 fully saturated rings. The van der Waals surface area contributed by atoms with Crippen molar-refractivity contribution in [2.24, 2.45) is 0 Å². The Morgan fingerprint density at radius 2 is 2.18 bits per heavy atom. The number of unbranched alkanes of at least 4 members (excludes halogenated alkanes) is 1. The van der Waals surface area contributed by atoms with Crippen molar-refractivity contribution in [1.82, 2.24) is 4.90 Å². The summed E-state index contributed by atoms with van der Waals surface area (Å²) in [5, 5.41) is 0.0372. The van der Waals surface area contributed by atoms with Crippen molar-refractivity contribution in [3.05, 3.63) is 34.3 Å². The summed E-state index contributed by atoms with van der Waals surface area (Å²) in [5.74, 6) is 1.30. The lowest BCUT2D eigenvalue weighted by Crippen LogP contribution is -2.45. The number of amides is 1. The average molecular weight is 386 g/mol. The second-order valence-corrected chi connectivity index (χ2v) is 7.93. The van der Waals surface area contributed by atoms with Crippen molar-refractivity contribution in [2.45, 2.75) is 38.0 Å². The highest BCUT2D eigenvalue weighted by atomic mass is 79.9. The Labute approximate surface area is 145 Å². The van der Waals surface area contributed by atoms with E-state index in [0.29, 0.717) is 19.7 Å². The van der Waals surface area contributed by atoms with Crippen LogP contribution in [0.15, 0.2) is 28.7 Å². The average Bonchev–Trinajstić information content (AvgIpc) is 2.55. The summed E-state index contributed by atoms with van der Waals surface area (Å²) >= 11 is 5.21. The molecule has 0 aromatic heterocycles. The zero-order chi connectivity index (χ0) is 15.9. The molecule has 1 saturated heterocycles. The summed E-state index contributed by atoms with van der Waals surface area (Å²) in [6, 6.07) is 8.15. The monoisotopic (exact) mass is 385 g/mol. The molecular formula is C17H24BrNO2S. The number of thioether (sulfide) groups is 1. The van der Waals surface area contributed by atoms with Gasteiger partial charge in [-0.1, -0.05) is 41.4 Å². The Kier molecular flexibility index (Phi) is 7.25. The third kappa shape index (κ3) is 5.00. The van der Waals surface area contributed by atoms with E-state index in [1.54, 1.807) is 11.8 Å². The Hall–Kier alpha value is -0.520. The van der Waals surface area contributed by atoms with Crippen molar-refractivity contribution in [2.75, 3.05) is 25.4 Å². The fraction of sp³-hybridized carbons (Fsp3) is 0.588. The molecule has 0 bridgehead atoms. The second kappa shape index (κ2) is 8.94. The number of carbonyl (C=O) groups is 1. The van der Waals surface area contributed by atoms with E-state index in [-0.39, 0.29) is 17.3 Å². The minimum absolute atomic E-state index is 0.0151. The van der Waals surface area contributed by atoms with Crippen LogP contribution in [0.1, 0.15) is 38.4 Å². The molecule has 122 valence electrons. The predicted octanol–water partition coefficient (Wildman–Crippen LogP) is 4.27. The maximum atomic E-state index is 12.6. The number of halogens is 1. The third-order valence-corrected chi connectivity index (χ3v) is 5.59. The van der Waals surface area contributed by atoms with Crippen LogP contribution in [0.2, 0.25) is 0 Å². The lowest BCUT2D eigenvalue weighted by molar-refractivity contribution is -0.138. The number of hydrogen-bond donors (Lipinski definition) is 0. The van der Waals surface area contributed by atoms with Gasteiger partial charge in [-0.05, 0) is 36.8 Å². The van der Waals surface area contributed by atoms with Gasteiger partial charge in [0, 0.05) is 11.0 Å². The molecule has 1 aliphatic rings. The number of carbonyl (C=O) groups excluding carboxylic acids is 1. The van der Waals surface area contributed by atoms with Gasteiger partial charge in [0.15, 0.2) is 0 Å². The van der Waals surface area contributed by atoms with Crippen LogP contribution >= 0.6 is 27.7 Å². The maximum Gasteiger partial charge on any atom is 0.235 e. The second-order valence-electron chi connectivity index (χ2n) is 5.56. The van der Waals surface area contributed by atoms with Crippen molar-refractivity contribution >= 4 is 33.6 Å². The zero-order valence-electron chi connectivity index (χ0n) is 13.3. The molecular weight excluding hydrogens is 362 g/mol. The molecule has 2 rings (SSSR count). The van der Waals surface area contributed by atoms with Gasteiger partial charge in [-0.2, -0.15) is 0 Å². The number of ether oxygens (including phenoxy) is 1. The minimum atomic E-state index is -0.0151. The van der Waals surface area contributed by atoms with E-state index in [2.05, 4.69) is 35.0 Å². The number of morpholine rings is 1. The van der Waals surface area contributed by atoms with E-state index >= 15 is 0 Å². The van der Waals surface area contributed by atoms with Crippen LogP contribution in [0.25, 0.3) is 0 Å². The number of hydrogen-bond acceptors (Lipinski definition) is 3. The van der Waals surface area contributed by atoms with E-state index < -0.39 is 0 Å². The highest BCUT2D eigenvalue weighted by Gasteiger charge is 2.28. The van der Waals surface area contributed by atoms with Gasteiger partial charge in [0.25, 0.3) is 0 Å². The standard InChI is InChI=1S/C17H24BrNO2S/c1-3-4-11-22-13(2)17(20)19-9-10-21-16(12-19)14-5-7-15(18)8-6-14/h5-8,13,16H,3-4,9-12H2,1-2H3. The molecule has 1 aromatic carbocycles. The summed E-state index contributed by atoms with van der Waals surface area (Å²) in [5.41, 5.74) is 1.13. The Balaban J connectivity index is 1.92. The Morgan fingerprint density at radius 1 is 1.45 bits per heavy atom. The van der Waals surface area contributed by atoms with Gasteiger partial charge in [0.05, 0.1) is 18.4 Å². The van der Waals surface area contributed by atoms with Gasteiger partial charge in [-0.3, -0.25) is 4.79 Å². The smallest absolute Gasteiger partial charge is 0.235 e. The molecule has 0 spiro atoms. The fourth-order valence-electron chi connectivity index (χ4n) is 2.46. The van der Waals surface area contributed by atoms with Crippen LogP contribution in [0.5, 0.6) is 0 Å². The number of benzene rings is 1. The van der Waals surface area contributed by atoms with Crippen molar-refractivity contribution in [3.8, 4) is 0 Å². The molecule has 1 aromatic rings. The normalized spacial score (nSPS) is 20.0. The highest BCUT2D eigenvalue weighted by molar-refractivity contribution is 9.10. The number of nitrogens with zero attached hydrogens (tertiary/aromatic N) is 1. The molecule has 1 amide bonds. The number of rotatable bonds is 6. The third-order valence-electron chi connectivity index (χ3n) is 3.83. The van der Waals surface area contributed by atoms with Gasteiger partial charge in [0.2, 0.25) is 5.91 Å². The molecule has 0 saturated carbocycles. The van der Waals surface area contributed by atoms with Gasteiger partial charge < -0.3 is 9.64 Å². The van der Waals surface area contributed by atoms with Crippen molar-refractivity contribution < 1.29 is 9.53 Å². The van der Waals surface area contributed by atoms with Crippen LogP contribution in [0, 0.1) is 0 Å². The first-order chi connectivity index (χ1) is 10.6. The Morgan fingerprint density at radius 3 is 2.86 bits per heavy atom. The van der Waals surface area contributed by atoms with Crippen LogP contribution in [-0.4, -0.2) is 41.5 Å². The molecule has 2 atom stereocenters. The summed E-state index contributed by atoms with van der Waals surface area (Å²) in [4.78, 5) is 14.5. The first-order valence-electron chi connectivity index (χ1n) is 7.89. The van der Waals surface area contributed by atoms with Gasteiger partial charge in [-0.15, -0.1) is 11.8 Å². The molecule has 1 heterocycles. The van der Waals surface area contributed by atoms with Crippen LogP contribution in [-0.2, 0) is 9.53 Å². The molecule has 2 unspecified atom stereocenters. The quantitative estimate of drug-likeness (QED) is 0.684. The lowest BCUT2D eigenvalue weighted by Gasteiger charge is -2.34. The van der Waals surface area contributed by atoms with Gasteiger partial charge in [0.1, 0.15) is 6.10 Å². The van der Waals surface area contributed by atoms with E-state index in [9.17, 15) is 4.79 Å². The van der Waals surface area contributed by atoms with Crippen LogP contribution in [0.4, 0.5) is 0 Å². The van der Waals surface area contributed by atoms with Gasteiger partial charge >= 0.3 is 0 Å². The Bertz CT molecular complexity index is 480. The summed E-state index contributed by atoms with van der Waals surface area (Å²) in [6.07, 6.45) is 2.34. The zero-order valence-corrected chi connectivity index (χ0v) is 15.7. The minimum Gasteiger partial charge on any atom is -0.370 e. The van der Waals surface area contributed by atoms with Crippen LogP contribution in [0.3, 0.4) is 0 Å². The molecule has 0 N–H and O–H groups in total. The SMILES string of the molecule is CCCCSC(C)C(=O)N1CCOC(c2ccc(Br)cc2)C1. The van der Waals surface area contributed by atoms with Gasteiger partial charge in [-0.25, -0.2) is 0 Å². The highest BCUT2D eigenvalue weighted by Crippen LogP contribution is 2.25. The van der Waals surface area contributed by atoms with E-state index in [0.717, 1.165) is 15.8 Å². The topological polar surface area (TPSA) is 29.5 Å². The molecule has 0 radical (unpaired) electrons. The van der Waals surface area contributed by atoms with Crippen molar-refractivity contribution in [1.29, 1.82) is 0 Å². The molecule has 5 heteroatoms. The first-order valence-corrected chi connectivity index (χ1v) is 9.73.